The zero-order chi connectivity index (χ0) is 28.4. The SMILES string of the molecule is C/C=C\C=C/NC(C)N=C/C=C(\CC)C1CCCC([C@@H](C)C(=O)NC2C=CC3=C(OC(F)(F)O3)C2C)CCC1. The number of carbonyl (C=O) groups excluding carboxylic acids is 1. The van der Waals surface area contributed by atoms with Gasteiger partial charge in [-0.2, -0.15) is 0 Å². The molecule has 4 atom stereocenters. The smallest absolute Gasteiger partial charge is 0.399 e. The molecular weight excluding hydrogens is 500 g/mol. The van der Waals surface area contributed by atoms with Gasteiger partial charge in [-0.1, -0.05) is 57.4 Å². The Morgan fingerprint density at radius 1 is 1.18 bits per heavy atom. The molecule has 3 rings (SSSR count). The Labute approximate surface area is 232 Å². The summed E-state index contributed by atoms with van der Waals surface area (Å²) in [6, 6.07) is -0.407. The van der Waals surface area contributed by atoms with Gasteiger partial charge in [-0.3, -0.25) is 9.79 Å². The molecule has 216 valence electrons. The van der Waals surface area contributed by atoms with Crippen molar-refractivity contribution < 1.29 is 23.0 Å². The number of hydrogen-bond donors (Lipinski definition) is 2. The Morgan fingerprint density at radius 2 is 1.90 bits per heavy atom. The van der Waals surface area contributed by atoms with Gasteiger partial charge in [-0.15, -0.1) is 8.78 Å². The predicted molar refractivity (Wildman–Crippen MR) is 152 cm³/mol. The predicted octanol–water partition coefficient (Wildman–Crippen LogP) is 7.14. The van der Waals surface area contributed by atoms with E-state index in [4.69, 9.17) is 0 Å². The first-order chi connectivity index (χ1) is 18.6. The first kappa shape index (κ1) is 30.6. The Balaban J connectivity index is 1.48. The van der Waals surface area contributed by atoms with Gasteiger partial charge in [0, 0.05) is 18.1 Å². The number of allylic oxidation sites excluding steroid dienone is 6. The Bertz CT molecular complexity index is 1000. The van der Waals surface area contributed by atoms with E-state index in [2.05, 4.69) is 38.1 Å². The standard InChI is InChI=1S/C31H45F2N3O3/c1-6-8-9-19-34-23(5)35-20-18-24(7-2)26-14-10-12-25(13-11-15-26)21(3)30(37)36-27-16-17-28-29(22(27)4)39-31(32,33)38-28/h6,8-9,16-23,25-27,34H,7,10-15H2,1-5H3,(H,36,37)/b8-6-,19-9-,24-18+,35-20?/t21-,22?,23?,25?,26?,27?/m1/s1. The second-order valence-electron chi connectivity index (χ2n) is 10.8. The van der Waals surface area contributed by atoms with Crippen molar-refractivity contribution in [1.82, 2.24) is 10.6 Å². The van der Waals surface area contributed by atoms with Crippen LogP contribution in [0.1, 0.15) is 79.6 Å². The molecule has 3 aliphatic rings. The van der Waals surface area contributed by atoms with Crippen LogP contribution in [0, 0.1) is 23.7 Å². The molecule has 1 aliphatic heterocycles. The molecule has 1 amide bonds. The van der Waals surface area contributed by atoms with Gasteiger partial charge in [0.15, 0.2) is 11.5 Å². The van der Waals surface area contributed by atoms with Crippen molar-refractivity contribution in [2.24, 2.45) is 28.7 Å². The summed E-state index contributed by atoms with van der Waals surface area (Å²) < 4.78 is 36.2. The Morgan fingerprint density at radius 3 is 2.56 bits per heavy atom. The van der Waals surface area contributed by atoms with Crippen LogP contribution in [0.25, 0.3) is 0 Å². The lowest BCUT2D eigenvalue weighted by molar-refractivity contribution is -0.337. The molecule has 0 aromatic heterocycles. The van der Waals surface area contributed by atoms with Gasteiger partial charge < -0.3 is 20.1 Å². The molecule has 0 aromatic rings. The molecule has 6 nitrogen and oxygen atoms in total. The molecule has 2 N–H and O–H groups in total. The molecule has 1 fully saturated rings. The van der Waals surface area contributed by atoms with E-state index >= 15 is 0 Å². The number of rotatable bonds is 10. The van der Waals surface area contributed by atoms with Gasteiger partial charge in [0.05, 0.1) is 6.04 Å². The number of halogens is 2. The molecule has 1 saturated carbocycles. The van der Waals surface area contributed by atoms with E-state index < -0.39 is 18.3 Å². The molecule has 39 heavy (non-hydrogen) atoms. The first-order valence-corrected chi connectivity index (χ1v) is 14.4. The second kappa shape index (κ2) is 14.5. The van der Waals surface area contributed by atoms with Crippen molar-refractivity contribution in [1.29, 1.82) is 0 Å². The minimum Gasteiger partial charge on any atom is -0.399 e. The van der Waals surface area contributed by atoms with Crippen LogP contribution in [0.5, 0.6) is 0 Å². The molecule has 8 heteroatoms. The Hall–Kier alpha value is -2.90. The highest BCUT2D eigenvalue weighted by Crippen LogP contribution is 2.41. The summed E-state index contributed by atoms with van der Waals surface area (Å²) in [4.78, 5) is 17.7. The van der Waals surface area contributed by atoms with Crippen molar-refractivity contribution in [3.05, 3.63) is 59.7 Å². The van der Waals surface area contributed by atoms with E-state index in [0.717, 1.165) is 44.9 Å². The van der Waals surface area contributed by atoms with Crippen molar-refractivity contribution in [3.63, 3.8) is 0 Å². The van der Waals surface area contributed by atoms with E-state index in [9.17, 15) is 13.6 Å². The van der Waals surface area contributed by atoms with Gasteiger partial charge in [-0.25, -0.2) is 0 Å². The second-order valence-corrected chi connectivity index (χ2v) is 10.8. The summed E-state index contributed by atoms with van der Waals surface area (Å²) in [7, 11) is 0. The quantitative estimate of drug-likeness (QED) is 0.226. The van der Waals surface area contributed by atoms with E-state index in [1.165, 1.54) is 11.6 Å². The maximum Gasteiger partial charge on any atom is 0.585 e. The largest absolute Gasteiger partial charge is 0.585 e. The Kier molecular flexibility index (Phi) is 11.4. The van der Waals surface area contributed by atoms with Crippen LogP contribution in [-0.2, 0) is 14.3 Å². The minimum atomic E-state index is -3.65. The van der Waals surface area contributed by atoms with Gasteiger partial charge >= 0.3 is 6.29 Å². The number of nitrogens with one attached hydrogen (secondary N) is 2. The number of amides is 1. The van der Waals surface area contributed by atoms with Gasteiger partial charge in [0.25, 0.3) is 0 Å². The molecular formula is C31H45F2N3O3. The highest BCUT2D eigenvalue weighted by molar-refractivity contribution is 5.79. The maximum absolute atomic E-state index is 13.5. The van der Waals surface area contributed by atoms with Crippen LogP contribution >= 0.6 is 0 Å². The highest BCUT2D eigenvalue weighted by Gasteiger charge is 2.48. The van der Waals surface area contributed by atoms with Crippen molar-refractivity contribution in [2.75, 3.05) is 0 Å². The summed E-state index contributed by atoms with van der Waals surface area (Å²) in [5.74, 6) is 0.365. The summed E-state index contributed by atoms with van der Waals surface area (Å²) >= 11 is 0. The lowest BCUT2D eigenvalue weighted by Gasteiger charge is -2.31. The fraction of sp³-hybridized carbons (Fsp3) is 0.613. The van der Waals surface area contributed by atoms with Crippen LogP contribution < -0.4 is 10.6 Å². The third kappa shape index (κ3) is 8.80. The molecule has 0 aromatic carbocycles. The lowest BCUT2D eigenvalue weighted by Crippen LogP contribution is -2.44. The van der Waals surface area contributed by atoms with E-state index in [0.29, 0.717) is 11.8 Å². The average Bonchev–Trinajstić information content (AvgIpc) is 3.21. The fourth-order valence-electron chi connectivity index (χ4n) is 5.64. The third-order valence-corrected chi connectivity index (χ3v) is 8.06. The van der Waals surface area contributed by atoms with Gasteiger partial charge in [-0.05, 0) is 82.2 Å². The van der Waals surface area contributed by atoms with Gasteiger partial charge in [0.1, 0.15) is 6.17 Å². The van der Waals surface area contributed by atoms with Crippen LogP contribution in [0.4, 0.5) is 8.78 Å². The zero-order valence-electron chi connectivity index (χ0n) is 24.0. The molecule has 1 heterocycles. The minimum absolute atomic E-state index is 0.0115. The summed E-state index contributed by atoms with van der Waals surface area (Å²) in [6.07, 6.45) is 18.8. The molecule has 2 aliphatic carbocycles. The summed E-state index contributed by atoms with van der Waals surface area (Å²) in [5, 5.41) is 6.29. The van der Waals surface area contributed by atoms with Crippen molar-refractivity contribution in [3.8, 4) is 0 Å². The summed E-state index contributed by atoms with van der Waals surface area (Å²) in [5.41, 5.74) is 1.44. The van der Waals surface area contributed by atoms with Crippen molar-refractivity contribution in [2.45, 2.75) is 98.1 Å². The average molecular weight is 546 g/mol. The van der Waals surface area contributed by atoms with Crippen LogP contribution in [0.3, 0.4) is 0 Å². The van der Waals surface area contributed by atoms with Crippen LogP contribution in [0.2, 0.25) is 0 Å². The van der Waals surface area contributed by atoms with E-state index in [1.54, 1.807) is 13.0 Å². The molecule has 0 radical (unpaired) electrons. The number of carbonyl (C=O) groups is 1. The number of aliphatic imine (C=N–C) groups is 1. The summed E-state index contributed by atoms with van der Waals surface area (Å²) in [6.45, 7) is 9.96. The number of ether oxygens (including phenoxy) is 2. The van der Waals surface area contributed by atoms with Crippen molar-refractivity contribution >= 4 is 12.1 Å². The molecule has 0 bridgehead atoms. The third-order valence-electron chi connectivity index (χ3n) is 8.06. The van der Waals surface area contributed by atoms with Crippen LogP contribution in [0.15, 0.2) is 64.7 Å². The molecule has 0 spiro atoms. The van der Waals surface area contributed by atoms with Gasteiger partial charge in [0.2, 0.25) is 5.91 Å². The highest BCUT2D eigenvalue weighted by atomic mass is 19.3. The topological polar surface area (TPSA) is 72.0 Å². The van der Waals surface area contributed by atoms with E-state index in [1.807, 2.05) is 51.4 Å². The van der Waals surface area contributed by atoms with E-state index in [-0.39, 0.29) is 29.5 Å². The number of hydrogen-bond acceptors (Lipinski definition) is 5. The van der Waals surface area contributed by atoms with Crippen LogP contribution in [-0.4, -0.2) is 30.6 Å². The number of alkyl halides is 2. The molecule has 3 unspecified atom stereocenters. The fourth-order valence-corrected chi connectivity index (χ4v) is 5.64. The number of nitrogens with zero attached hydrogens (tertiary/aromatic N) is 1. The monoisotopic (exact) mass is 545 g/mol. The normalized spacial score (nSPS) is 29.1. The first-order valence-electron chi connectivity index (χ1n) is 14.4. The maximum atomic E-state index is 13.5. The molecule has 0 saturated heterocycles. The lowest BCUT2D eigenvalue weighted by atomic mass is 9.77. The zero-order valence-corrected chi connectivity index (χ0v) is 24.0.